The van der Waals surface area contributed by atoms with Crippen molar-refractivity contribution in [3.8, 4) is 0 Å². The summed E-state index contributed by atoms with van der Waals surface area (Å²) in [6, 6.07) is 8.75. The lowest BCUT2D eigenvalue weighted by Crippen LogP contribution is -2.32. The Balaban J connectivity index is 1.60. The van der Waals surface area contributed by atoms with Crippen molar-refractivity contribution in [2.75, 3.05) is 5.32 Å². The molecule has 2 amide bonds. The molecule has 120 valence electrons. The largest absolute Gasteiger partial charge is 0.457 e. The molecule has 1 saturated carbocycles. The van der Waals surface area contributed by atoms with Crippen LogP contribution in [0.15, 0.2) is 45.7 Å². The standard InChI is InChI=1S/C17H17BrN2O3/c18-15-9-12(10-23-15)17(22)20-14-7-5-11(6-8-14)16(21)19-13-3-1-2-4-13/h5-10,13H,1-4H2,(H,19,21)(H,20,22). The molecule has 23 heavy (non-hydrogen) atoms. The predicted molar refractivity (Wildman–Crippen MR) is 90.5 cm³/mol. The van der Waals surface area contributed by atoms with Crippen LogP contribution in [0.4, 0.5) is 5.69 Å². The molecule has 1 aromatic carbocycles. The van der Waals surface area contributed by atoms with Crippen molar-refractivity contribution in [1.82, 2.24) is 5.32 Å². The Morgan fingerprint density at radius 3 is 2.35 bits per heavy atom. The summed E-state index contributed by atoms with van der Waals surface area (Å²) < 4.78 is 5.54. The van der Waals surface area contributed by atoms with Gasteiger partial charge in [-0.2, -0.15) is 0 Å². The molecule has 0 unspecified atom stereocenters. The smallest absolute Gasteiger partial charge is 0.258 e. The maximum atomic E-state index is 12.1. The van der Waals surface area contributed by atoms with Gasteiger partial charge in [0.05, 0.1) is 5.56 Å². The average Bonchev–Trinajstić information content (AvgIpc) is 3.19. The van der Waals surface area contributed by atoms with Crippen LogP contribution in [0.2, 0.25) is 0 Å². The van der Waals surface area contributed by atoms with Crippen molar-refractivity contribution in [3.63, 3.8) is 0 Å². The predicted octanol–water partition coefficient (Wildman–Crippen LogP) is 3.97. The molecule has 0 atom stereocenters. The van der Waals surface area contributed by atoms with Crippen molar-refractivity contribution in [2.24, 2.45) is 0 Å². The molecule has 2 N–H and O–H groups in total. The zero-order valence-corrected chi connectivity index (χ0v) is 14.1. The summed E-state index contributed by atoms with van der Waals surface area (Å²) >= 11 is 3.16. The first-order valence-electron chi connectivity index (χ1n) is 7.58. The van der Waals surface area contributed by atoms with E-state index in [2.05, 4.69) is 26.6 Å². The number of amides is 2. The molecule has 6 heteroatoms. The van der Waals surface area contributed by atoms with E-state index in [1.54, 1.807) is 30.3 Å². The van der Waals surface area contributed by atoms with Crippen LogP contribution in [0.5, 0.6) is 0 Å². The second kappa shape index (κ2) is 7.00. The summed E-state index contributed by atoms with van der Waals surface area (Å²) in [5.41, 5.74) is 1.66. The topological polar surface area (TPSA) is 71.3 Å². The summed E-state index contributed by atoms with van der Waals surface area (Å²) in [5.74, 6) is -0.323. The van der Waals surface area contributed by atoms with Gasteiger partial charge in [-0.3, -0.25) is 9.59 Å². The highest BCUT2D eigenvalue weighted by Gasteiger charge is 2.18. The Hall–Kier alpha value is -2.08. The van der Waals surface area contributed by atoms with Gasteiger partial charge in [0.1, 0.15) is 6.26 Å². The number of nitrogens with one attached hydrogen (secondary N) is 2. The van der Waals surface area contributed by atoms with Crippen LogP contribution in [0.3, 0.4) is 0 Å². The number of carbonyl (C=O) groups excluding carboxylic acids is 2. The van der Waals surface area contributed by atoms with Gasteiger partial charge in [-0.05, 0) is 53.0 Å². The highest BCUT2D eigenvalue weighted by Crippen LogP contribution is 2.19. The first-order chi connectivity index (χ1) is 11.1. The van der Waals surface area contributed by atoms with E-state index in [-0.39, 0.29) is 11.8 Å². The molecular formula is C17H17BrN2O3. The minimum atomic E-state index is -0.261. The van der Waals surface area contributed by atoms with E-state index in [4.69, 9.17) is 4.42 Å². The minimum Gasteiger partial charge on any atom is -0.457 e. The van der Waals surface area contributed by atoms with Gasteiger partial charge in [-0.1, -0.05) is 12.8 Å². The van der Waals surface area contributed by atoms with Gasteiger partial charge in [0, 0.05) is 23.4 Å². The molecule has 5 nitrogen and oxygen atoms in total. The molecule has 1 fully saturated rings. The van der Waals surface area contributed by atoms with Gasteiger partial charge in [0.2, 0.25) is 0 Å². The fourth-order valence-electron chi connectivity index (χ4n) is 2.68. The third-order valence-electron chi connectivity index (χ3n) is 3.92. The van der Waals surface area contributed by atoms with Crippen LogP contribution >= 0.6 is 15.9 Å². The SMILES string of the molecule is O=C(Nc1ccc(C(=O)NC2CCCC2)cc1)c1coc(Br)c1. The van der Waals surface area contributed by atoms with Crippen LogP contribution in [-0.2, 0) is 0 Å². The Bertz CT molecular complexity index is 703. The van der Waals surface area contributed by atoms with E-state index < -0.39 is 0 Å². The monoisotopic (exact) mass is 376 g/mol. The van der Waals surface area contributed by atoms with Crippen molar-refractivity contribution in [3.05, 3.63) is 52.4 Å². The van der Waals surface area contributed by atoms with E-state index in [9.17, 15) is 9.59 Å². The molecule has 0 radical (unpaired) electrons. The zero-order chi connectivity index (χ0) is 16.2. The molecule has 0 aliphatic heterocycles. The fraction of sp³-hybridized carbons (Fsp3) is 0.294. The quantitative estimate of drug-likeness (QED) is 0.847. The van der Waals surface area contributed by atoms with Crippen molar-refractivity contribution in [1.29, 1.82) is 0 Å². The third-order valence-corrected chi connectivity index (χ3v) is 4.34. The molecule has 1 aliphatic rings. The summed E-state index contributed by atoms with van der Waals surface area (Å²) in [7, 11) is 0. The molecule has 0 spiro atoms. The van der Waals surface area contributed by atoms with Gasteiger partial charge < -0.3 is 15.1 Å². The number of rotatable bonds is 4. The molecule has 0 saturated heterocycles. The number of hydrogen-bond donors (Lipinski definition) is 2. The summed E-state index contributed by atoms with van der Waals surface area (Å²) in [6.45, 7) is 0. The maximum absolute atomic E-state index is 12.1. The van der Waals surface area contributed by atoms with Crippen molar-refractivity contribution in [2.45, 2.75) is 31.7 Å². The van der Waals surface area contributed by atoms with Crippen LogP contribution in [0.1, 0.15) is 46.4 Å². The van der Waals surface area contributed by atoms with Crippen molar-refractivity contribution < 1.29 is 14.0 Å². The number of carbonyl (C=O) groups is 2. The Morgan fingerprint density at radius 1 is 1.04 bits per heavy atom. The number of halogens is 1. The van der Waals surface area contributed by atoms with E-state index in [1.165, 1.54) is 19.1 Å². The van der Waals surface area contributed by atoms with E-state index in [0.717, 1.165) is 12.8 Å². The van der Waals surface area contributed by atoms with Gasteiger partial charge in [-0.25, -0.2) is 0 Å². The highest BCUT2D eigenvalue weighted by molar-refractivity contribution is 9.10. The normalized spacial score (nSPS) is 14.7. The molecule has 3 rings (SSSR count). The third kappa shape index (κ3) is 4.01. The second-order valence-electron chi connectivity index (χ2n) is 5.63. The van der Waals surface area contributed by atoms with Crippen molar-refractivity contribution >= 4 is 33.4 Å². The summed E-state index contributed by atoms with van der Waals surface area (Å²) in [4.78, 5) is 24.1. The van der Waals surface area contributed by atoms with Crippen LogP contribution in [-0.4, -0.2) is 17.9 Å². The zero-order valence-electron chi connectivity index (χ0n) is 12.5. The lowest BCUT2D eigenvalue weighted by molar-refractivity contribution is 0.0937. The second-order valence-corrected chi connectivity index (χ2v) is 6.41. The molecular weight excluding hydrogens is 360 g/mol. The number of benzene rings is 1. The molecule has 1 aliphatic carbocycles. The minimum absolute atomic E-state index is 0.0615. The van der Waals surface area contributed by atoms with Gasteiger partial charge in [0.15, 0.2) is 4.67 Å². The lowest BCUT2D eigenvalue weighted by Gasteiger charge is -2.12. The molecule has 0 bridgehead atoms. The first-order valence-corrected chi connectivity index (χ1v) is 8.37. The van der Waals surface area contributed by atoms with E-state index in [0.29, 0.717) is 27.5 Å². The Morgan fingerprint density at radius 2 is 1.74 bits per heavy atom. The maximum Gasteiger partial charge on any atom is 0.258 e. The van der Waals surface area contributed by atoms with Crippen LogP contribution < -0.4 is 10.6 Å². The Labute approximate surface area is 142 Å². The summed E-state index contributed by atoms with van der Waals surface area (Å²) in [6.07, 6.45) is 5.85. The van der Waals surface area contributed by atoms with Crippen LogP contribution in [0, 0.1) is 0 Å². The van der Waals surface area contributed by atoms with Gasteiger partial charge in [-0.15, -0.1) is 0 Å². The van der Waals surface area contributed by atoms with Gasteiger partial charge >= 0.3 is 0 Å². The average molecular weight is 377 g/mol. The highest BCUT2D eigenvalue weighted by atomic mass is 79.9. The van der Waals surface area contributed by atoms with E-state index in [1.807, 2.05) is 0 Å². The van der Waals surface area contributed by atoms with Gasteiger partial charge in [0.25, 0.3) is 11.8 Å². The number of furan rings is 1. The van der Waals surface area contributed by atoms with Crippen LogP contribution in [0.25, 0.3) is 0 Å². The molecule has 1 heterocycles. The summed E-state index contributed by atoms with van der Waals surface area (Å²) in [5, 5.41) is 5.80. The Kier molecular flexibility index (Phi) is 4.81. The number of anilines is 1. The first kappa shape index (κ1) is 15.8. The molecule has 1 aromatic heterocycles. The lowest BCUT2D eigenvalue weighted by atomic mass is 10.1. The van der Waals surface area contributed by atoms with E-state index >= 15 is 0 Å². The molecule has 2 aromatic rings. The fourth-order valence-corrected chi connectivity index (χ4v) is 3.02. The number of hydrogen-bond acceptors (Lipinski definition) is 3.